The molecule has 0 unspecified atom stereocenters. The minimum atomic E-state index is 0.753. The quantitative estimate of drug-likeness (QED) is 0.510. The molecule has 2 heterocycles. The van der Waals surface area contributed by atoms with Gasteiger partial charge in [-0.1, -0.05) is 0 Å². The molecule has 3 heteroatoms. The van der Waals surface area contributed by atoms with Crippen molar-refractivity contribution >= 4 is 11.6 Å². The van der Waals surface area contributed by atoms with Gasteiger partial charge >= 0.3 is 0 Å². The van der Waals surface area contributed by atoms with E-state index in [1.165, 1.54) is 0 Å². The molecule has 2 rings (SSSR count). The molecule has 0 aliphatic rings. The Kier molecular flexibility index (Phi) is 2.69. The van der Waals surface area contributed by atoms with Crippen molar-refractivity contribution in [2.45, 2.75) is 0 Å². The Hall–Kier alpha value is -1.41. The molecular formula is C12H13ClN2+2. The van der Waals surface area contributed by atoms with Crippen molar-refractivity contribution in [1.29, 1.82) is 0 Å². The number of aryl methyl sites for hydroxylation is 2. The maximum Gasteiger partial charge on any atom is 0.282 e. The molecule has 0 spiro atoms. The van der Waals surface area contributed by atoms with Gasteiger partial charge in [0.05, 0.1) is 11.1 Å². The molecule has 0 saturated heterocycles. The van der Waals surface area contributed by atoms with Gasteiger partial charge in [-0.05, 0) is 23.7 Å². The van der Waals surface area contributed by atoms with Crippen LogP contribution in [0.1, 0.15) is 0 Å². The lowest BCUT2D eigenvalue weighted by Crippen LogP contribution is -2.30. The van der Waals surface area contributed by atoms with Crippen LogP contribution in [-0.2, 0) is 14.1 Å². The minimum Gasteiger partial charge on any atom is -0.207 e. The van der Waals surface area contributed by atoms with E-state index in [2.05, 4.69) is 12.3 Å². The third kappa shape index (κ3) is 2.00. The molecule has 0 aromatic carbocycles. The molecule has 0 aliphatic carbocycles. The maximum absolute atomic E-state index is 6.23. The van der Waals surface area contributed by atoms with Gasteiger partial charge in [-0.2, -0.15) is 4.57 Å². The molecule has 15 heavy (non-hydrogen) atoms. The molecule has 0 aliphatic heterocycles. The van der Waals surface area contributed by atoms with E-state index >= 15 is 0 Å². The summed E-state index contributed by atoms with van der Waals surface area (Å²) in [6, 6.07) is 8.09. The summed E-state index contributed by atoms with van der Waals surface area (Å²) < 4.78 is 3.92. The van der Waals surface area contributed by atoms with Crippen molar-refractivity contribution in [3.8, 4) is 11.1 Å². The first-order chi connectivity index (χ1) is 7.18. The Labute approximate surface area is 94.4 Å². The van der Waals surface area contributed by atoms with E-state index in [0.717, 1.165) is 16.3 Å². The smallest absolute Gasteiger partial charge is 0.207 e. The van der Waals surface area contributed by atoms with E-state index in [9.17, 15) is 0 Å². The summed E-state index contributed by atoms with van der Waals surface area (Å²) in [6.07, 6.45) is 6.00. The fourth-order valence-electron chi connectivity index (χ4n) is 1.56. The molecule has 0 bridgehead atoms. The zero-order valence-corrected chi connectivity index (χ0v) is 9.57. The third-order valence-electron chi connectivity index (χ3n) is 2.36. The van der Waals surface area contributed by atoms with Crippen LogP contribution in [0.4, 0.5) is 0 Å². The number of nitrogens with zero attached hydrogens (tertiary/aromatic N) is 2. The van der Waals surface area contributed by atoms with E-state index in [1.807, 2.05) is 53.8 Å². The zero-order valence-electron chi connectivity index (χ0n) is 8.81. The number of pyridine rings is 2. The Balaban J connectivity index is 2.59. The van der Waals surface area contributed by atoms with Gasteiger partial charge in [0, 0.05) is 12.1 Å². The van der Waals surface area contributed by atoms with Crippen LogP contribution in [-0.4, -0.2) is 0 Å². The molecule has 0 N–H and O–H groups in total. The number of halogens is 1. The van der Waals surface area contributed by atoms with Crippen LogP contribution in [0.5, 0.6) is 0 Å². The second kappa shape index (κ2) is 3.99. The van der Waals surface area contributed by atoms with Gasteiger partial charge in [0.25, 0.3) is 5.15 Å². The molecule has 0 atom stereocenters. The van der Waals surface area contributed by atoms with Crippen molar-refractivity contribution in [2.24, 2.45) is 14.1 Å². The summed E-state index contributed by atoms with van der Waals surface area (Å²) in [4.78, 5) is 0. The zero-order chi connectivity index (χ0) is 10.8. The van der Waals surface area contributed by atoms with Crippen LogP contribution >= 0.6 is 11.6 Å². The fraction of sp³-hybridized carbons (Fsp3) is 0.167. The summed E-state index contributed by atoms with van der Waals surface area (Å²) >= 11 is 6.23. The molecule has 2 nitrogen and oxygen atoms in total. The third-order valence-corrected chi connectivity index (χ3v) is 2.83. The van der Waals surface area contributed by atoms with Crippen LogP contribution in [0.15, 0.2) is 42.9 Å². The Bertz CT molecular complexity index is 495. The summed E-state index contributed by atoms with van der Waals surface area (Å²) in [6.45, 7) is 0. The molecule has 0 amide bonds. The summed E-state index contributed by atoms with van der Waals surface area (Å²) in [5, 5.41) is 0.753. The van der Waals surface area contributed by atoms with Crippen LogP contribution < -0.4 is 9.13 Å². The van der Waals surface area contributed by atoms with Gasteiger partial charge in [0.1, 0.15) is 14.1 Å². The van der Waals surface area contributed by atoms with E-state index in [-0.39, 0.29) is 0 Å². The maximum atomic E-state index is 6.23. The average Bonchev–Trinajstić information content (AvgIpc) is 2.22. The highest BCUT2D eigenvalue weighted by molar-refractivity contribution is 6.31. The largest absolute Gasteiger partial charge is 0.282 e. The second-order valence-electron chi connectivity index (χ2n) is 3.58. The van der Waals surface area contributed by atoms with Crippen LogP contribution in [0.25, 0.3) is 11.1 Å². The molecule has 2 aromatic heterocycles. The standard InChI is InChI=1S/C12H13ClN2/c1-14-7-3-5-10(9-14)11-6-4-8-15(2)12(11)13/h3-9H,1-2H3/q+2. The van der Waals surface area contributed by atoms with Crippen LogP contribution in [0.2, 0.25) is 5.15 Å². The normalized spacial score (nSPS) is 10.3. The Morgan fingerprint density at radius 3 is 2.53 bits per heavy atom. The van der Waals surface area contributed by atoms with Gasteiger partial charge in [-0.15, -0.1) is 0 Å². The summed E-state index contributed by atoms with van der Waals surface area (Å²) in [7, 11) is 3.94. The topological polar surface area (TPSA) is 7.76 Å². The molecule has 0 radical (unpaired) electrons. The fourth-order valence-corrected chi connectivity index (χ4v) is 1.78. The minimum absolute atomic E-state index is 0.753. The first-order valence-electron chi connectivity index (χ1n) is 4.78. The average molecular weight is 221 g/mol. The van der Waals surface area contributed by atoms with Gasteiger partial charge in [0.2, 0.25) is 0 Å². The van der Waals surface area contributed by atoms with Crippen LogP contribution in [0.3, 0.4) is 0 Å². The van der Waals surface area contributed by atoms with Gasteiger partial charge in [0.15, 0.2) is 18.6 Å². The van der Waals surface area contributed by atoms with Gasteiger partial charge in [-0.25, -0.2) is 4.57 Å². The predicted octanol–water partition coefficient (Wildman–Crippen LogP) is 1.66. The Morgan fingerprint density at radius 1 is 1.07 bits per heavy atom. The lowest BCUT2D eigenvalue weighted by molar-refractivity contribution is -0.671. The van der Waals surface area contributed by atoms with Crippen LogP contribution in [0, 0.1) is 0 Å². The highest BCUT2D eigenvalue weighted by atomic mass is 35.5. The van der Waals surface area contributed by atoms with Gasteiger partial charge < -0.3 is 0 Å². The monoisotopic (exact) mass is 220 g/mol. The first kappa shape index (κ1) is 10.1. The number of hydrogen-bond donors (Lipinski definition) is 0. The van der Waals surface area contributed by atoms with E-state index in [1.54, 1.807) is 0 Å². The predicted molar refractivity (Wildman–Crippen MR) is 59.2 cm³/mol. The van der Waals surface area contributed by atoms with Crippen molar-refractivity contribution in [3.63, 3.8) is 0 Å². The molecule has 0 fully saturated rings. The van der Waals surface area contributed by atoms with E-state index in [0.29, 0.717) is 0 Å². The highest BCUT2D eigenvalue weighted by Gasteiger charge is 2.13. The molecule has 2 aromatic rings. The SMILES string of the molecule is C[n+]1cccc(-c2ccc[n+](C)c2Cl)c1. The highest BCUT2D eigenvalue weighted by Crippen LogP contribution is 2.22. The lowest BCUT2D eigenvalue weighted by Gasteiger charge is -2.00. The molecule has 0 saturated carbocycles. The Morgan fingerprint density at radius 2 is 1.80 bits per heavy atom. The first-order valence-corrected chi connectivity index (χ1v) is 5.16. The van der Waals surface area contributed by atoms with Crippen molar-refractivity contribution < 1.29 is 9.13 Å². The summed E-state index contributed by atoms with van der Waals surface area (Å²) in [5.41, 5.74) is 2.18. The summed E-state index contributed by atoms with van der Waals surface area (Å²) in [5.74, 6) is 0. The van der Waals surface area contributed by atoms with Crippen molar-refractivity contribution in [2.75, 3.05) is 0 Å². The van der Waals surface area contributed by atoms with Crippen molar-refractivity contribution in [1.82, 2.24) is 0 Å². The van der Waals surface area contributed by atoms with E-state index < -0.39 is 0 Å². The van der Waals surface area contributed by atoms with Crippen molar-refractivity contribution in [3.05, 3.63) is 48.0 Å². The molecule has 76 valence electrons. The second-order valence-corrected chi connectivity index (χ2v) is 3.94. The number of aromatic nitrogens is 2. The van der Waals surface area contributed by atoms with E-state index in [4.69, 9.17) is 11.6 Å². The number of rotatable bonds is 1. The molecular weight excluding hydrogens is 208 g/mol. The number of hydrogen-bond acceptors (Lipinski definition) is 0. The lowest BCUT2D eigenvalue weighted by atomic mass is 10.1. The van der Waals surface area contributed by atoms with Gasteiger partial charge in [-0.3, -0.25) is 0 Å².